The van der Waals surface area contributed by atoms with Gasteiger partial charge in [-0.05, 0) is 43.4 Å². The SMILES string of the molecule is COc1ccc(CCN(C)C(=O)CSc2nc(Cl)cc(N3CCCCC3)n2)cc1OC. The van der Waals surface area contributed by atoms with Gasteiger partial charge in [0, 0.05) is 32.7 Å². The van der Waals surface area contributed by atoms with Gasteiger partial charge in [0.1, 0.15) is 11.0 Å². The number of likely N-dealkylation sites (N-methyl/N-ethyl adjacent to an activating group) is 1. The Labute approximate surface area is 193 Å². The summed E-state index contributed by atoms with van der Waals surface area (Å²) in [5.74, 6) is 2.51. The van der Waals surface area contributed by atoms with Crippen molar-refractivity contribution >= 4 is 35.1 Å². The van der Waals surface area contributed by atoms with Crippen LogP contribution in [0.15, 0.2) is 29.4 Å². The molecule has 1 aromatic carbocycles. The number of carbonyl (C=O) groups is 1. The van der Waals surface area contributed by atoms with Crippen LogP contribution in [-0.2, 0) is 11.2 Å². The number of methoxy groups -OCH3 is 2. The van der Waals surface area contributed by atoms with Gasteiger partial charge in [0.25, 0.3) is 0 Å². The number of piperidine rings is 1. The quantitative estimate of drug-likeness (QED) is 0.316. The summed E-state index contributed by atoms with van der Waals surface area (Å²) in [4.78, 5) is 25.4. The summed E-state index contributed by atoms with van der Waals surface area (Å²) in [5.41, 5.74) is 1.08. The van der Waals surface area contributed by atoms with Gasteiger partial charge in [-0.25, -0.2) is 9.97 Å². The van der Waals surface area contributed by atoms with Crippen molar-refractivity contribution in [1.29, 1.82) is 0 Å². The topological polar surface area (TPSA) is 67.8 Å². The smallest absolute Gasteiger partial charge is 0.232 e. The Morgan fingerprint density at radius 1 is 1.13 bits per heavy atom. The molecule has 2 heterocycles. The minimum Gasteiger partial charge on any atom is -0.493 e. The normalized spacial score (nSPS) is 13.7. The third-order valence-corrected chi connectivity index (χ3v) is 6.30. The van der Waals surface area contributed by atoms with E-state index in [4.69, 9.17) is 21.1 Å². The molecule has 0 unspecified atom stereocenters. The van der Waals surface area contributed by atoms with E-state index in [1.807, 2.05) is 25.2 Å². The lowest BCUT2D eigenvalue weighted by Crippen LogP contribution is -2.31. The fraction of sp³-hybridized carbons (Fsp3) is 0.500. The first kappa shape index (κ1) is 23.5. The molecule has 1 aromatic heterocycles. The molecule has 0 bridgehead atoms. The highest BCUT2D eigenvalue weighted by atomic mass is 35.5. The molecular weight excluding hydrogens is 436 g/mol. The number of anilines is 1. The van der Waals surface area contributed by atoms with Gasteiger partial charge in [-0.2, -0.15) is 0 Å². The lowest BCUT2D eigenvalue weighted by molar-refractivity contribution is -0.127. The Hall–Kier alpha value is -2.19. The van der Waals surface area contributed by atoms with Crippen molar-refractivity contribution in [2.45, 2.75) is 30.8 Å². The number of benzene rings is 1. The van der Waals surface area contributed by atoms with Crippen molar-refractivity contribution in [3.63, 3.8) is 0 Å². The van der Waals surface area contributed by atoms with Crippen molar-refractivity contribution in [3.8, 4) is 11.5 Å². The van der Waals surface area contributed by atoms with Crippen molar-refractivity contribution in [1.82, 2.24) is 14.9 Å². The van der Waals surface area contributed by atoms with Gasteiger partial charge in [-0.3, -0.25) is 4.79 Å². The highest BCUT2D eigenvalue weighted by Crippen LogP contribution is 2.28. The molecule has 3 rings (SSSR count). The fourth-order valence-corrected chi connectivity index (χ4v) is 4.45. The van der Waals surface area contributed by atoms with E-state index >= 15 is 0 Å². The van der Waals surface area contributed by atoms with E-state index in [1.54, 1.807) is 25.2 Å². The zero-order chi connectivity index (χ0) is 22.2. The zero-order valence-electron chi connectivity index (χ0n) is 18.3. The average Bonchev–Trinajstić information content (AvgIpc) is 2.80. The molecule has 0 saturated carbocycles. The number of amides is 1. The Morgan fingerprint density at radius 2 is 1.87 bits per heavy atom. The predicted octanol–water partition coefficient (Wildman–Crippen LogP) is 3.93. The lowest BCUT2D eigenvalue weighted by Gasteiger charge is -2.27. The summed E-state index contributed by atoms with van der Waals surface area (Å²) in [5, 5.41) is 0.946. The summed E-state index contributed by atoms with van der Waals surface area (Å²) in [6, 6.07) is 7.60. The molecule has 168 valence electrons. The molecule has 0 spiro atoms. The van der Waals surface area contributed by atoms with E-state index in [-0.39, 0.29) is 11.7 Å². The fourth-order valence-electron chi connectivity index (χ4n) is 3.43. The van der Waals surface area contributed by atoms with E-state index in [9.17, 15) is 4.79 Å². The summed E-state index contributed by atoms with van der Waals surface area (Å²) in [6.45, 7) is 2.56. The molecule has 1 aliphatic rings. The maximum Gasteiger partial charge on any atom is 0.232 e. The number of aromatic nitrogens is 2. The molecule has 0 radical (unpaired) electrons. The van der Waals surface area contributed by atoms with Crippen LogP contribution in [0.25, 0.3) is 0 Å². The number of nitrogens with zero attached hydrogens (tertiary/aromatic N) is 4. The third-order valence-electron chi connectivity index (χ3n) is 5.28. The van der Waals surface area contributed by atoms with E-state index in [0.29, 0.717) is 28.4 Å². The number of rotatable bonds is 9. The second-order valence-electron chi connectivity index (χ2n) is 7.42. The van der Waals surface area contributed by atoms with Crippen LogP contribution in [-0.4, -0.2) is 67.4 Å². The Morgan fingerprint density at radius 3 is 2.58 bits per heavy atom. The number of halogens is 1. The molecule has 1 fully saturated rings. The molecule has 1 aliphatic heterocycles. The van der Waals surface area contributed by atoms with Crippen LogP contribution in [0.4, 0.5) is 5.82 Å². The minimum atomic E-state index is 0.0218. The number of hydrogen-bond acceptors (Lipinski definition) is 7. The van der Waals surface area contributed by atoms with Crippen molar-refractivity contribution < 1.29 is 14.3 Å². The minimum absolute atomic E-state index is 0.0218. The van der Waals surface area contributed by atoms with Crippen LogP contribution in [0.1, 0.15) is 24.8 Å². The van der Waals surface area contributed by atoms with Gasteiger partial charge >= 0.3 is 0 Å². The van der Waals surface area contributed by atoms with Gasteiger partial charge in [0.05, 0.1) is 20.0 Å². The highest BCUT2D eigenvalue weighted by Gasteiger charge is 2.16. The number of carbonyl (C=O) groups excluding carboxylic acids is 1. The molecule has 1 saturated heterocycles. The zero-order valence-corrected chi connectivity index (χ0v) is 19.8. The average molecular weight is 465 g/mol. The molecule has 0 atom stereocenters. The molecule has 0 aliphatic carbocycles. The molecule has 0 N–H and O–H groups in total. The van der Waals surface area contributed by atoms with Gasteiger partial charge in [0.2, 0.25) is 5.91 Å². The van der Waals surface area contributed by atoms with E-state index in [1.165, 1.54) is 18.2 Å². The number of ether oxygens (including phenoxy) is 2. The van der Waals surface area contributed by atoms with Crippen LogP contribution in [0, 0.1) is 0 Å². The summed E-state index contributed by atoms with van der Waals surface area (Å²) in [6.07, 6.45) is 4.29. The Kier molecular flexibility index (Phi) is 8.66. The standard InChI is InChI=1S/C22H29ClN4O3S/c1-26(12-9-16-7-8-17(29-2)18(13-16)30-3)21(28)15-31-22-24-19(23)14-20(25-22)27-10-5-4-6-11-27/h7-8,13-14H,4-6,9-12,15H2,1-3H3. The van der Waals surface area contributed by atoms with Crippen molar-refractivity contribution in [2.24, 2.45) is 0 Å². The van der Waals surface area contributed by atoms with Gasteiger partial charge in [-0.15, -0.1) is 0 Å². The lowest BCUT2D eigenvalue weighted by atomic mass is 10.1. The molecule has 2 aromatic rings. The van der Waals surface area contributed by atoms with Gasteiger partial charge < -0.3 is 19.3 Å². The molecule has 7 nitrogen and oxygen atoms in total. The number of hydrogen-bond donors (Lipinski definition) is 0. The summed E-state index contributed by atoms with van der Waals surface area (Å²) < 4.78 is 10.6. The largest absolute Gasteiger partial charge is 0.493 e. The maximum atomic E-state index is 12.6. The number of thioether (sulfide) groups is 1. The maximum absolute atomic E-state index is 12.6. The van der Waals surface area contributed by atoms with Crippen molar-refractivity contribution in [3.05, 3.63) is 35.0 Å². The summed E-state index contributed by atoms with van der Waals surface area (Å²) >= 11 is 7.53. The van der Waals surface area contributed by atoms with Crippen LogP contribution in [0.5, 0.6) is 11.5 Å². The first-order chi connectivity index (χ1) is 15.0. The third kappa shape index (κ3) is 6.64. The van der Waals surface area contributed by atoms with Crippen LogP contribution < -0.4 is 14.4 Å². The monoisotopic (exact) mass is 464 g/mol. The van der Waals surface area contributed by atoms with E-state index in [0.717, 1.165) is 43.7 Å². The highest BCUT2D eigenvalue weighted by molar-refractivity contribution is 7.99. The van der Waals surface area contributed by atoms with Gasteiger partial charge in [-0.1, -0.05) is 29.4 Å². The van der Waals surface area contributed by atoms with Gasteiger partial charge in [0.15, 0.2) is 16.7 Å². The first-order valence-electron chi connectivity index (χ1n) is 10.4. The Balaban J connectivity index is 1.52. The van der Waals surface area contributed by atoms with Crippen molar-refractivity contribution in [2.75, 3.05) is 51.6 Å². The molecule has 9 heteroatoms. The van der Waals surface area contributed by atoms with E-state index < -0.39 is 0 Å². The second-order valence-corrected chi connectivity index (χ2v) is 8.75. The molecule has 1 amide bonds. The van der Waals surface area contributed by atoms with Crippen LogP contribution in [0.2, 0.25) is 5.15 Å². The first-order valence-corrected chi connectivity index (χ1v) is 11.7. The van der Waals surface area contributed by atoms with Crippen LogP contribution >= 0.6 is 23.4 Å². The molecule has 31 heavy (non-hydrogen) atoms. The van der Waals surface area contributed by atoms with E-state index in [2.05, 4.69) is 14.9 Å². The Bertz CT molecular complexity index is 893. The second kappa shape index (κ2) is 11.4. The molecular formula is C22H29ClN4O3S. The van der Waals surface area contributed by atoms with Crippen LogP contribution in [0.3, 0.4) is 0 Å². The summed E-state index contributed by atoms with van der Waals surface area (Å²) in [7, 11) is 5.03. The predicted molar refractivity (Wildman–Crippen MR) is 125 cm³/mol.